The quantitative estimate of drug-likeness (QED) is 0.734. The minimum Gasteiger partial charge on any atom is -0.480 e. The number of aliphatic hydroxyl groups is 1. The number of nitrogens with zero attached hydrogens (tertiary/aromatic N) is 2. The minimum atomic E-state index is -0.805. The van der Waals surface area contributed by atoms with Gasteiger partial charge in [0, 0.05) is 12.2 Å². The van der Waals surface area contributed by atoms with E-state index in [1.165, 1.54) is 11.8 Å². The molecule has 0 radical (unpaired) electrons. The number of aliphatic hydroxyl groups excluding tert-OH is 1. The van der Waals surface area contributed by atoms with Crippen molar-refractivity contribution in [1.29, 1.82) is 0 Å². The molecule has 1 N–H and O–H groups in total. The van der Waals surface area contributed by atoms with Crippen molar-refractivity contribution in [3.63, 3.8) is 0 Å². The highest BCUT2D eigenvalue weighted by Crippen LogP contribution is 2.38. The maximum Gasteiger partial charge on any atom is 0.261 e. The predicted octanol–water partition coefficient (Wildman–Crippen LogP) is 1.96. The van der Waals surface area contributed by atoms with Crippen molar-refractivity contribution in [1.82, 2.24) is 9.80 Å². The summed E-state index contributed by atoms with van der Waals surface area (Å²) in [6.45, 7) is 2.73. The molecule has 2 unspecified atom stereocenters. The molecule has 0 saturated carbocycles. The number of rotatable bonds is 7. The Morgan fingerprint density at radius 3 is 2.46 bits per heavy atom. The fourth-order valence-corrected chi connectivity index (χ4v) is 4.12. The number of likely N-dealkylation sites (N-methyl/N-ethyl adjacent to an activating group) is 1. The van der Waals surface area contributed by atoms with Crippen LogP contribution in [0.3, 0.4) is 0 Å². The highest BCUT2D eigenvalue weighted by Gasteiger charge is 2.37. The Morgan fingerprint density at radius 2 is 1.88 bits per heavy atom. The van der Waals surface area contributed by atoms with Crippen LogP contribution in [0.2, 0.25) is 0 Å². The van der Waals surface area contributed by atoms with E-state index in [1.54, 1.807) is 24.3 Å². The van der Waals surface area contributed by atoms with E-state index >= 15 is 0 Å². The standard InChI is InChI=1S/C19H24N2O4S/c1-19(9-8-14(25-19)11-20(2)3)26-12-13(22)10-21-17(23)15-6-4-5-7-16(15)18(21)24/h4-8,13,22H,9-12H2,1-3H3. The van der Waals surface area contributed by atoms with E-state index in [4.69, 9.17) is 4.74 Å². The third-order valence-electron chi connectivity index (χ3n) is 4.37. The van der Waals surface area contributed by atoms with Gasteiger partial charge in [0.05, 0.1) is 30.3 Å². The second-order valence-corrected chi connectivity index (χ2v) is 8.57. The maximum atomic E-state index is 12.4. The van der Waals surface area contributed by atoms with E-state index in [0.717, 1.165) is 23.6 Å². The van der Waals surface area contributed by atoms with E-state index in [2.05, 4.69) is 6.08 Å². The molecule has 0 fully saturated rings. The zero-order valence-corrected chi connectivity index (χ0v) is 16.1. The molecular weight excluding hydrogens is 352 g/mol. The Hall–Kier alpha value is -1.83. The number of benzene rings is 1. The summed E-state index contributed by atoms with van der Waals surface area (Å²) >= 11 is 1.50. The molecule has 2 aliphatic heterocycles. The largest absolute Gasteiger partial charge is 0.480 e. The summed E-state index contributed by atoms with van der Waals surface area (Å²) in [5, 5.41) is 10.4. The van der Waals surface area contributed by atoms with Crippen LogP contribution < -0.4 is 0 Å². The molecule has 26 heavy (non-hydrogen) atoms. The van der Waals surface area contributed by atoms with Crippen LogP contribution in [0.25, 0.3) is 0 Å². The number of hydrogen-bond donors (Lipinski definition) is 1. The van der Waals surface area contributed by atoms with Gasteiger partial charge in [0.15, 0.2) is 4.93 Å². The number of ether oxygens (including phenoxy) is 1. The van der Waals surface area contributed by atoms with Gasteiger partial charge < -0.3 is 14.7 Å². The van der Waals surface area contributed by atoms with E-state index in [-0.39, 0.29) is 18.4 Å². The molecule has 0 aromatic heterocycles. The van der Waals surface area contributed by atoms with Gasteiger partial charge in [-0.25, -0.2) is 0 Å². The third kappa shape index (κ3) is 3.95. The van der Waals surface area contributed by atoms with Gasteiger partial charge in [-0.2, -0.15) is 0 Å². The minimum absolute atomic E-state index is 0.00654. The molecule has 2 aliphatic rings. The van der Waals surface area contributed by atoms with Crippen LogP contribution in [-0.2, 0) is 4.74 Å². The monoisotopic (exact) mass is 376 g/mol. The number of carbonyl (C=O) groups excluding carboxylic acids is 2. The molecule has 0 aliphatic carbocycles. The molecule has 7 heteroatoms. The van der Waals surface area contributed by atoms with Gasteiger partial charge in [-0.15, -0.1) is 11.8 Å². The zero-order chi connectivity index (χ0) is 18.9. The molecule has 1 aromatic rings. The molecule has 2 amide bonds. The Kier molecular flexibility index (Phi) is 5.41. The Morgan fingerprint density at radius 1 is 1.27 bits per heavy atom. The highest BCUT2D eigenvalue weighted by molar-refractivity contribution is 8.00. The molecule has 0 saturated heterocycles. The average molecular weight is 376 g/mol. The second-order valence-electron chi connectivity index (χ2n) is 7.08. The molecule has 0 bridgehead atoms. The van der Waals surface area contributed by atoms with Crippen LogP contribution in [0.4, 0.5) is 0 Å². The van der Waals surface area contributed by atoms with Crippen molar-refractivity contribution in [2.45, 2.75) is 24.4 Å². The van der Waals surface area contributed by atoms with Crippen LogP contribution >= 0.6 is 11.8 Å². The molecule has 6 nitrogen and oxygen atoms in total. The lowest BCUT2D eigenvalue weighted by Gasteiger charge is -2.27. The number of imide groups is 1. The number of β-amino-alcohol motifs (C(OH)–C–C–N with tert-alkyl or cyclic N) is 1. The molecule has 2 atom stereocenters. The number of hydrogen-bond acceptors (Lipinski definition) is 6. The lowest BCUT2D eigenvalue weighted by Crippen LogP contribution is -2.38. The summed E-state index contributed by atoms with van der Waals surface area (Å²) in [6.07, 6.45) is 2.03. The van der Waals surface area contributed by atoms with E-state index in [9.17, 15) is 14.7 Å². The van der Waals surface area contributed by atoms with Crippen LogP contribution in [0.5, 0.6) is 0 Å². The van der Waals surface area contributed by atoms with E-state index in [1.807, 2.05) is 25.9 Å². The highest BCUT2D eigenvalue weighted by atomic mass is 32.2. The molecule has 2 heterocycles. The van der Waals surface area contributed by atoms with E-state index < -0.39 is 11.0 Å². The average Bonchev–Trinajstić information content (AvgIpc) is 3.07. The lowest BCUT2D eigenvalue weighted by atomic mass is 10.1. The second kappa shape index (κ2) is 7.42. The van der Waals surface area contributed by atoms with Gasteiger partial charge in [-0.05, 0) is 39.2 Å². The van der Waals surface area contributed by atoms with Gasteiger partial charge in [0.1, 0.15) is 5.76 Å². The third-order valence-corrected chi connectivity index (χ3v) is 5.78. The number of amides is 2. The predicted molar refractivity (Wildman–Crippen MR) is 101 cm³/mol. The van der Waals surface area contributed by atoms with Crippen LogP contribution in [0.15, 0.2) is 36.1 Å². The topological polar surface area (TPSA) is 70.1 Å². The van der Waals surface area contributed by atoms with Crippen molar-refractivity contribution in [2.24, 2.45) is 0 Å². The van der Waals surface area contributed by atoms with Gasteiger partial charge in [0.25, 0.3) is 11.8 Å². The molecule has 3 rings (SSSR count). The Bertz CT molecular complexity index is 714. The Balaban J connectivity index is 1.52. The first kappa shape index (κ1) is 18.9. The summed E-state index contributed by atoms with van der Waals surface area (Å²) in [6, 6.07) is 6.75. The van der Waals surface area contributed by atoms with Crippen LogP contribution in [-0.4, -0.2) is 70.7 Å². The molecular formula is C19H24N2O4S. The molecule has 0 spiro atoms. The number of thioether (sulfide) groups is 1. The lowest BCUT2D eigenvalue weighted by molar-refractivity contribution is 0.0566. The smallest absolute Gasteiger partial charge is 0.261 e. The van der Waals surface area contributed by atoms with Gasteiger partial charge in [-0.1, -0.05) is 12.1 Å². The van der Waals surface area contributed by atoms with Crippen molar-refractivity contribution < 1.29 is 19.4 Å². The van der Waals surface area contributed by atoms with Crippen molar-refractivity contribution in [3.8, 4) is 0 Å². The molecule has 140 valence electrons. The zero-order valence-electron chi connectivity index (χ0n) is 15.3. The van der Waals surface area contributed by atoms with E-state index in [0.29, 0.717) is 16.9 Å². The summed E-state index contributed by atoms with van der Waals surface area (Å²) < 4.78 is 6.00. The summed E-state index contributed by atoms with van der Waals surface area (Å²) in [7, 11) is 3.97. The van der Waals surface area contributed by atoms with Crippen molar-refractivity contribution in [3.05, 3.63) is 47.2 Å². The summed E-state index contributed by atoms with van der Waals surface area (Å²) in [4.78, 5) is 27.5. The maximum absolute atomic E-state index is 12.4. The fourth-order valence-electron chi connectivity index (χ4n) is 3.10. The summed E-state index contributed by atoms with van der Waals surface area (Å²) in [5.74, 6) is 0.633. The van der Waals surface area contributed by atoms with Crippen molar-refractivity contribution >= 4 is 23.6 Å². The summed E-state index contributed by atoms with van der Waals surface area (Å²) in [5.41, 5.74) is 0.807. The van der Waals surface area contributed by atoms with Crippen LogP contribution in [0.1, 0.15) is 34.1 Å². The SMILES string of the molecule is CN(C)CC1=CCC(C)(SCC(O)CN2C(=O)c3ccccc3C2=O)O1. The first-order chi connectivity index (χ1) is 12.3. The fraction of sp³-hybridized carbons (Fsp3) is 0.474. The number of carbonyl (C=O) groups is 2. The van der Waals surface area contributed by atoms with Gasteiger partial charge in [-0.3, -0.25) is 14.5 Å². The molecule has 1 aromatic carbocycles. The van der Waals surface area contributed by atoms with Gasteiger partial charge in [0.2, 0.25) is 0 Å². The van der Waals surface area contributed by atoms with Gasteiger partial charge >= 0.3 is 0 Å². The first-order valence-electron chi connectivity index (χ1n) is 8.59. The number of fused-ring (bicyclic) bond motifs is 1. The Labute approximate surface area is 157 Å². The first-order valence-corrected chi connectivity index (χ1v) is 9.58. The van der Waals surface area contributed by atoms with Crippen molar-refractivity contribution in [2.75, 3.05) is 32.9 Å². The van der Waals surface area contributed by atoms with Crippen LogP contribution in [0, 0.1) is 0 Å². The normalized spacial score (nSPS) is 23.3.